The largest absolute Gasteiger partial charge is 0.405 e. The highest BCUT2D eigenvalue weighted by Gasteiger charge is 2.45. The molecular weight excluding hydrogens is 469 g/mol. The number of benzene rings is 1. The number of nitrogens with one attached hydrogen (secondary N) is 2. The predicted octanol–water partition coefficient (Wildman–Crippen LogP) is 4.55. The normalized spacial score (nSPS) is 18.5. The number of H-pyrrole nitrogens is 1. The van der Waals surface area contributed by atoms with Gasteiger partial charge in [0.2, 0.25) is 0 Å². The summed E-state index contributed by atoms with van der Waals surface area (Å²) in [7, 11) is 1.45. The van der Waals surface area contributed by atoms with Crippen molar-refractivity contribution >= 4 is 23.0 Å². The Balaban J connectivity index is 1.62. The van der Waals surface area contributed by atoms with Gasteiger partial charge < -0.3 is 10.2 Å². The summed E-state index contributed by atoms with van der Waals surface area (Å²) in [5.74, 6) is -1.27. The van der Waals surface area contributed by atoms with Crippen molar-refractivity contribution in [3.8, 4) is 11.3 Å². The molecule has 0 unspecified atom stereocenters. The molecule has 2 aromatic heterocycles. The van der Waals surface area contributed by atoms with Crippen LogP contribution in [0.5, 0.6) is 0 Å². The summed E-state index contributed by atoms with van der Waals surface area (Å²) in [4.78, 5) is 11.9. The molecule has 1 fully saturated rings. The minimum Gasteiger partial charge on any atom is -0.353 e. The van der Waals surface area contributed by atoms with E-state index < -0.39 is 23.9 Å². The van der Waals surface area contributed by atoms with Gasteiger partial charge in [-0.15, -0.1) is 0 Å². The number of aryl methyl sites for hydroxylation is 2. The minimum atomic E-state index is -4.38. The van der Waals surface area contributed by atoms with Gasteiger partial charge >= 0.3 is 6.18 Å². The Hall–Kier alpha value is -3.54. The van der Waals surface area contributed by atoms with E-state index in [9.17, 15) is 22.0 Å². The molecule has 2 N–H and O–H groups in total. The second kappa shape index (κ2) is 8.29. The summed E-state index contributed by atoms with van der Waals surface area (Å²) >= 11 is 0. The number of fused-ring (bicyclic) bond motifs is 3. The second-order valence-corrected chi connectivity index (χ2v) is 8.69. The fourth-order valence-electron chi connectivity index (χ4n) is 4.46. The molecule has 2 aliphatic heterocycles. The van der Waals surface area contributed by atoms with Crippen LogP contribution < -0.4 is 10.2 Å². The fourth-order valence-corrected chi connectivity index (χ4v) is 4.46. The van der Waals surface area contributed by atoms with Crippen LogP contribution in [0.1, 0.15) is 17.0 Å². The van der Waals surface area contributed by atoms with Gasteiger partial charge in [-0.3, -0.25) is 10.00 Å². The fraction of sp³-hybridized carbons (Fsp3) is 0.348. The highest BCUT2D eigenvalue weighted by molar-refractivity contribution is 6.14. The Morgan fingerprint density at radius 1 is 1.06 bits per heavy atom. The van der Waals surface area contributed by atoms with E-state index >= 15 is 0 Å². The molecule has 1 atom stereocenters. The molecule has 1 saturated heterocycles. The van der Waals surface area contributed by atoms with Gasteiger partial charge in [-0.1, -0.05) is 6.07 Å². The summed E-state index contributed by atoms with van der Waals surface area (Å²) < 4.78 is 69.9. The molecule has 2 aliphatic rings. The number of aliphatic imine (C=N–C) groups is 1. The summed E-state index contributed by atoms with van der Waals surface area (Å²) in [5.41, 5.74) is 2.42. The topological polar surface area (TPSA) is 72.4 Å². The third-order valence-corrected chi connectivity index (χ3v) is 6.39. The Bertz CT molecular complexity index is 1310. The standard InChI is InChI=1S/C23H22F5N7/c1-11-19-13(9-17(29-11)35-8-7-34(3)16(10-35)23(26,27)28)21-20(12(2)32-33-21)31-22(30-19)18-14(24)5-4-6-15(18)25/h4-6,9,16H,7-8,10H2,1-3H3,(H,30,31)(H,32,33)/t16-/m0/s1. The number of anilines is 2. The highest BCUT2D eigenvalue weighted by Crippen LogP contribution is 2.42. The zero-order valence-corrected chi connectivity index (χ0v) is 19.1. The van der Waals surface area contributed by atoms with E-state index in [1.165, 1.54) is 18.0 Å². The third kappa shape index (κ3) is 4.01. The lowest BCUT2D eigenvalue weighted by Crippen LogP contribution is -2.57. The van der Waals surface area contributed by atoms with Crippen molar-refractivity contribution in [1.82, 2.24) is 20.1 Å². The van der Waals surface area contributed by atoms with Crippen molar-refractivity contribution in [2.75, 3.05) is 36.9 Å². The molecule has 0 bridgehead atoms. The van der Waals surface area contributed by atoms with E-state index in [0.29, 0.717) is 46.4 Å². The number of piperazine rings is 1. The number of rotatable bonds is 2. The summed E-state index contributed by atoms with van der Waals surface area (Å²) in [6, 6.07) is 3.56. The molecular formula is C23H22F5N7. The van der Waals surface area contributed by atoms with Crippen molar-refractivity contribution in [3.05, 3.63) is 52.9 Å². The van der Waals surface area contributed by atoms with Crippen molar-refractivity contribution < 1.29 is 22.0 Å². The summed E-state index contributed by atoms with van der Waals surface area (Å²) in [6.45, 7) is 3.68. The number of aromatic nitrogens is 3. The smallest absolute Gasteiger partial charge is 0.353 e. The van der Waals surface area contributed by atoms with Crippen molar-refractivity contribution in [2.24, 2.45) is 4.99 Å². The van der Waals surface area contributed by atoms with Crippen LogP contribution in [0.4, 0.5) is 39.1 Å². The summed E-state index contributed by atoms with van der Waals surface area (Å²) in [6.07, 6.45) is -4.38. The average molecular weight is 491 g/mol. The van der Waals surface area contributed by atoms with E-state index in [1.807, 2.05) is 0 Å². The lowest BCUT2D eigenvalue weighted by molar-refractivity contribution is -0.180. The monoisotopic (exact) mass is 491 g/mol. The molecule has 0 saturated carbocycles. The van der Waals surface area contributed by atoms with Crippen LogP contribution >= 0.6 is 0 Å². The molecule has 0 aliphatic carbocycles. The Morgan fingerprint density at radius 3 is 2.46 bits per heavy atom. The van der Waals surface area contributed by atoms with E-state index in [4.69, 9.17) is 0 Å². The highest BCUT2D eigenvalue weighted by atomic mass is 19.4. The first-order valence-electron chi connectivity index (χ1n) is 10.9. The number of pyridine rings is 1. The maximum atomic E-state index is 14.6. The molecule has 35 heavy (non-hydrogen) atoms. The molecule has 0 radical (unpaired) electrons. The van der Waals surface area contributed by atoms with Gasteiger partial charge in [-0.25, -0.2) is 18.8 Å². The van der Waals surface area contributed by atoms with E-state index in [-0.39, 0.29) is 24.5 Å². The first-order valence-corrected chi connectivity index (χ1v) is 10.9. The molecule has 184 valence electrons. The van der Waals surface area contributed by atoms with Crippen molar-refractivity contribution in [3.63, 3.8) is 0 Å². The zero-order chi connectivity index (χ0) is 25.1. The summed E-state index contributed by atoms with van der Waals surface area (Å²) in [5, 5.41) is 10.1. The molecule has 7 nitrogen and oxygen atoms in total. The third-order valence-electron chi connectivity index (χ3n) is 6.39. The number of alkyl halides is 3. The van der Waals surface area contributed by atoms with Gasteiger partial charge in [0.25, 0.3) is 0 Å². The van der Waals surface area contributed by atoms with Gasteiger partial charge in [0.05, 0.1) is 28.3 Å². The van der Waals surface area contributed by atoms with Crippen LogP contribution in [-0.4, -0.2) is 64.8 Å². The lowest BCUT2D eigenvalue weighted by atomic mass is 10.1. The van der Waals surface area contributed by atoms with Crippen molar-refractivity contribution in [2.45, 2.75) is 26.1 Å². The Morgan fingerprint density at radius 2 is 1.77 bits per heavy atom. The van der Waals surface area contributed by atoms with Crippen LogP contribution in [0.15, 0.2) is 29.3 Å². The van der Waals surface area contributed by atoms with Crippen LogP contribution in [0.3, 0.4) is 0 Å². The molecule has 0 amide bonds. The number of nitrogens with zero attached hydrogens (tertiary/aromatic N) is 5. The molecule has 5 rings (SSSR count). The number of aromatic amines is 1. The van der Waals surface area contributed by atoms with Gasteiger partial charge in [-0.05, 0) is 39.1 Å². The first kappa shape index (κ1) is 23.2. The van der Waals surface area contributed by atoms with Gasteiger partial charge in [0.1, 0.15) is 35.0 Å². The molecule has 1 aromatic carbocycles. The maximum Gasteiger partial charge on any atom is 0.405 e. The molecule has 12 heteroatoms. The number of hydrogen-bond acceptors (Lipinski definition) is 6. The van der Waals surface area contributed by atoms with Crippen LogP contribution in [0.25, 0.3) is 11.3 Å². The van der Waals surface area contributed by atoms with Crippen molar-refractivity contribution in [1.29, 1.82) is 0 Å². The first-order chi connectivity index (χ1) is 16.5. The van der Waals surface area contributed by atoms with E-state index in [2.05, 4.69) is 25.5 Å². The molecule has 0 spiro atoms. The molecule has 4 heterocycles. The number of likely N-dealkylation sites (N-methyl/N-ethyl adjacent to an activating group) is 1. The number of amidine groups is 1. The molecule has 3 aromatic rings. The lowest BCUT2D eigenvalue weighted by Gasteiger charge is -2.40. The SMILES string of the molecule is Cc1n[nH]c2c1N=C(c1c(F)cccc1F)Nc1c-2cc(N2CCN(C)[C@H](C(F)(F)F)C2)nc1C. The van der Waals surface area contributed by atoms with Crippen LogP contribution in [0.2, 0.25) is 0 Å². The average Bonchev–Trinajstić information content (AvgIpc) is 3.05. The number of hydrogen-bond donors (Lipinski definition) is 2. The van der Waals surface area contributed by atoms with Gasteiger partial charge in [-0.2, -0.15) is 18.3 Å². The quantitative estimate of drug-likeness (QED) is 0.515. The zero-order valence-electron chi connectivity index (χ0n) is 19.1. The van der Waals surface area contributed by atoms with Crippen LogP contribution in [-0.2, 0) is 0 Å². The van der Waals surface area contributed by atoms with Crippen LogP contribution in [0, 0.1) is 25.5 Å². The predicted molar refractivity (Wildman–Crippen MR) is 122 cm³/mol. The minimum absolute atomic E-state index is 0.0560. The van der Waals surface area contributed by atoms with E-state index in [0.717, 1.165) is 12.1 Å². The maximum absolute atomic E-state index is 14.6. The Labute approximate surface area is 197 Å². The van der Waals surface area contributed by atoms with Gasteiger partial charge in [0.15, 0.2) is 0 Å². The van der Waals surface area contributed by atoms with Gasteiger partial charge in [0, 0.05) is 25.2 Å². The Kier molecular flexibility index (Phi) is 5.50. The number of halogens is 5. The van der Waals surface area contributed by atoms with E-state index in [1.54, 1.807) is 24.8 Å². The second-order valence-electron chi connectivity index (χ2n) is 8.69.